The van der Waals surface area contributed by atoms with E-state index in [1.54, 1.807) is 12.1 Å². The van der Waals surface area contributed by atoms with E-state index >= 15 is 0 Å². The van der Waals surface area contributed by atoms with Gasteiger partial charge in [0.1, 0.15) is 5.82 Å². The van der Waals surface area contributed by atoms with Crippen LogP contribution in [0, 0.1) is 0 Å². The highest BCUT2D eigenvalue weighted by atomic mass is 16.2. The first-order valence-corrected chi connectivity index (χ1v) is 5.11. The van der Waals surface area contributed by atoms with Crippen LogP contribution in [-0.4, -0.2) is 32.4 Å². The lowest BCUT2D eigenvalue weighted by molar-refractivity contribution is 0.688. The molecule has 0 saturated carbocycles. The number of nitrogens with one attached hydrogen (secondary N) is 2. The third kappa shape index (κ3) is 2.19. The van der Waals surface area contributed by atoms with Gasteiger partial charge in [0, 0.05) is 12.6 Å². The van der Waals surface area contributed by atoms with Crippen LogP contribution >= 0.6 is 0 Å². The van der Waals surface area contributed by atoms with Crippen molar-refractivity contribution in [1.82, 2.24) is 19.8 Å². The number of aromatic amines is 1. The molecule has 2 heterocycles. The monoisotopic (exact) mass is 222 g/mol. The zero-order valence-corrected chi connectivity index (χ0v) is 8.97. The fourth-order valence-electron chi connectivity index (χ4n) is 1.33. The second-order valence-electron chi connectivity index (χ2n) is 3.71. The maximum Gasteiger partial charge on any atom is 0.364 e. The molecule has 2 aromatic rings. The molecule has 1 atom stereocenters. The second-order valence-corrected chi connectivity index (χ2v) is 3.71. The highest BCUT2D eigenvalue weighted by Crippen LogP contribution is 2.02. The van der Waals surface area contributed by atoms with Crippen molar-refractivity contribution >= 4 is 11.5 Å². The normalized spacial score (nSPS) is 12.9. The Morgan fingerprint density at radius 3 is 3.19 bits per heavy atom. The standard InChI is InChI=1S/C9H14N6O/c1-6(10)4-5-11-7-2-3-8-12-13-9(16)15(8)14-7/h2-3,6H,4-5,10H2,1H3,(H,11,14)(H,13,16). The van der Waals surface area contributed by atoms with Gasteiger partial charge in [0.25, 0.3) is 0 Å². The molecule has 2 rings (SSSR count). The van der Waals surface area contributed by atoms with Gasteiger partial charge in [-0.15, -0.1) is 5.10 Å². The fraction of sp³-hybridized carbons (Fsp3) is 0.444. The molecule has 7 nitrogen and oxygen atoms in total. The van der Waals surface area contributed by atoms with Crippen molar-refractivity contribution in [3.8, 4) is 0 Å². The van der Waals surface area contributed by atoms with Crippen LogP contribution in [0.1, 0.15) is 13.3 Å². The van der Waals surface area contributed by atoms with Crippen LogP contribution in [0.15, 0.2) is 16.9 Å². The van der Waals surface area contributed by atoms with Crippen molar-refractivity contribution in [2.45, 2.75) is 19.4 Å². The summed E-state index contributed by atoms with van der Waals surface area (Å²) in [6.07, 6.45) is 0.847. The average Bonchev–Trinajstić information content (AvgIpc) is 2.60. The van der Waals surface area contributed by atoms with Gasteiger partial charge in [0.15, 0.2) is 5.65 Å². The van der Waals surface area contributed by atoms with Crippen molar-refractivity contribution < 1.29 is 0 Å². The van der Waals surface area contributed by atoms with Crippen molar-refractivity contribution in [3.63, 3.8) is 0 Å². The van der Waals surface area contributed by atoms with E-state index in [1.807, 2.05) is 6.92 Å². The Bertz CT molecular complexity index is 528. The van der Waals surface area contributed by atoms with Crippen molar-refractivity contribution in [1.29, 1.82) is 0 Å². The van der Waals surface area contributed by atoms with Gasteiger partial charge in [-0.1, -0.05) is 0 Å². The maximum absolute atomic E-state index is 11.2. The number of hydrogen-bond acceptors (Lipinski definition) is 5. The van der Waals surface area contributed by atoms with Gasteiger partial charge in [0.2, 0.25) is 0 Å². The molecule has 7 heteroatoms. The van der Waals surface area contributed by atoms with Gasteiger partial charge in [-0.05, 0) is 25.5 Å². The van der Waals surface area contributed by atoms with E-state index in [0.717, 1.165) is 13.0 Å². The molecular formula is C9H14N6O. The van der Waals surface area contributed by atoms with E-state index in [4.69, 9.17) is 5.73 Å². The number of fused-ring (bicyclic) bond motifs is 1. The third-order valence-corrected chi connectivity index (χ3v) is 2.18. The lowest BCUT2D eigenvalue weighted by atomic mass is 10.2. The molecule has 0 spiro atoms. The molecule has 0 aliphatic heterocycles. The predicted octanol–water partition coefficient (Wildman–Crippen LogP) is -0.433. The molecular weight excluding hydrogens is 208 g/mol. The van der Waals surface area contributed by atoms with Crippen molar-refractivity contribution in [2.75, 3.05) is 11.9 Å². The van der Waals surface area contributed by atoms with Gasteiger partial charge in [-0.3, -0.25) is 0 Å². The van der Waals surface area contributed by atoms with E-state index in [9.17, 15) is 4.79 Å². The molecule has 0 aliphatic rings. The summed E-state index contributed by atoms with van der Waals surface area (Å²) in [5.41, 5.74) is 5.78. The quantitative estimate of drug-likeness (QED) is 0.651. The molecule has 0 bridgehead atoms. The summed E-state index contributed by atoms with van der Waals surface area (Å²) >= 11 is 0. The Labute approximate surface area is 91.7 Å². The smallest absolute Gasteiger partial charge is 0.364 e. The van der Waals surface area contributed by atoms with Gasteiger partial charge >= 0.3 is 5.69 Å². The van der Waals surface area contributed by atoms with Crippen LogP contribution in [-0.2, 0) is 0 Å². The lowest BCUT2D eigenvalue weighted by Gasteiger charge is -2.07. The average molecular weight is 222 g/mol. The Hall–Kier alpha value is -1.89. The summed E-state index contributed by atoms with van der Waals surface area (Å²) in [4.78, 5) is 11.2. The highest BCUT2D eigenvalue weighted by Gasteiger charge is 2.02. The summed E-state index contributed by atoms with van der Waals surface area (Å²) in [5.74, 6) is 0.636. The SMILES string of the molecule is CC(N)CCNc1ccc2n[nH]c(=O)n2n1. The van der Waals surface area contributed by atoms with Crippen molar-refractivity contribution in [2.24, 2.45) is 5.73 Å². The van der Waals surface area contributed by atoms with Crippen LogP contribution in [0.2, 0.25) is 0 Å². The van der Waals surface area contributed by atoms with Crippen molar-refractivity contribution in [3.05, 3.63) is 22.6 Å². The van der Waals surface area contributed by atoms with E-state index in [2.05, 4.69) is 20.6 Å². The zero-order valence-electron chi connectivity index (χ0n) is 8.97. The topological polar surface area (TPSA) is 101 Å². The third-order valence-electron chi connectivity index (χ3n) is 2.18. The number of anilines is 1. The zero-order chi connectivity index (χ0) is 11.5. The summed E-state index contributed by atoms with van der Waals surface area (Å²) in [6.45, 7) is 2.67. The van der Waals surface area contributed by atoms with E-state index < -0.39 is 0 Å². The lowest BCUT2D eigenvalue weighted by Crippen LogP contribution is -2.20. The van der Waals surface area contributed by atoms with E-state index in [-0.39, 0.29) is 11.7 Å². The van der Waals surface area contributed by atoms with Gasteiger partial charge in [-0.2, -0.15) is 9.61 Å². The minimum absolute atomic E-state index is 0.146. The number of nitrogens with two attached hydrogens (primary N) is 1. The van der Waals surface area contributed by atoms with Crippen LogP contribution < -0.4 is 16.7 Å². The second kappa shape index (κ2) is 4.31. The van der Waals surface area contributed by atoms with Gasteiger partial charge in [-0.25, -0.2) is 9.89 Å². The minimum Gasteiger partial charge on any atom is -0.369 e. The molecule has 86 valence electrons. The number of rotatable bonds is 4. The minimum atomic E-state index is -0.342. The molecule has 2 aromatic heterocycles. The highest BCUT2D eigenvalue weighted by molar-refractivity contribution is 5.42. The molecule has 0 aliphatic carbocycles. The summed E-state index contributed by atoms with van der Waals surface area (Å²) in [6, 6.07) is 3.64. The Morgan fingerprint density at radius 1 is 1.62 bits per heavy atom. The van der Waals surface area contributed by atoms with E-state index in [1.165, 1.54) is 4.52 Å². The largest absolute Gasteiger partial charge is 0.369 e. The van der Waals surface area contributed by atoms with E-state index in [0.29, 0.717) is 11.5 Å². The number of nitrogens with zero attached hydrogens (tertiary/aromatic N) is 3. The Kier molecular flexibility index (Phi) is 2.86. The maximum atomic E-state index is 11.2. The van der Waals surface area contributed by atoms with Gasteiger partial charge in [0.05, 0.1) is 0 Å². The first-order valence-electron chi connectivity index (χ1n) is 5.11. The summed E-state index contributed by atoms with van der Waals surface area (Å²) in [7, 11) is 0. The molecule has 1 unspecified atom stereocenters. The molecule has 0 aromatic carbocycles. The number of H-pyrrole nitrogens is 1. The van der Waals surface area contributed by atoms with Crippen LogP contribution in [0.25, 0.3) is 5.65 Å². The van der Waals surface area contributed by atoms with Gasteiger partial charge < -0.3 is 11.1 Å². The molecule has 0 fully saturated rings. The van der Waals surface area contributed by atoms with Crippen LogP contribution in [0.4, 0.5) is 5.82 Å². The Balaban J connectivity index is 2.13. The first-order chi connectivity index (χ1) is 7.66. The Morgan fingerprint density at radius 2 is 2.44 bits per heavy atom. The first kappa shape index (κ1) is 10.6. The molecule has 0 radical (unpaired) electrons. The predicted molar refractivity (Wildman–Crippen MR) is 60.4 cm³/mol. The molecule has 0 amide bonds. The molecule has 0 saturated heterocycles. The fourth-order valence-corrected chi connectivity index (χ4v) is 1.33. The van der Waals surface area contributed by atoms with Crippen LogP contribution in [0.5, 0.6) is 0 Å². The molecule has 16 heavy (non-hydrogen) atoms. The molecule has 4 N–H and O–H groups in total. The number of hydrogen-bond donors (Lipinski definition) is 3. The summed E-state index contributed by atoms with van der Waals surface area (Å²) in [5, 5.41) is 13.3. The van der Waals surface area contributed by atoms with Crippen LogP contribution in [0.3, 0.4) is 0 Å². The summed E-state index contributed by atoms with van der Waals surface area (Å²) < 4.78 is 1.22. The number of aromatic nitrogens is 4.